The number of anilines is 1. The van der Waals surface area contributed by atoms with Gasteiger partial charge in [0.2, 0.25) is 5.91 Å². The SMILES string of the molecule is CC(C)NC(=O)Nc1ccc(CNC(=O)C2CC3CCCCC3N2)cc1. The Labute approximate surface area is 155 Å². The van der Waals surface area contributed by atoms with Gasteiger partial charge in [0.1, 0.15) is 0 Å². The van der Waals surface area contributed by atoms with E-state index >= 15 is 0 Å². The molecule has 2 aliphatic rings. The number of urea groups is 1. The largest absolute Gasteiger partial charge is 0.351 e. The quantitative estimate of drug-likeness (QED) is 0.653. The first-order valence-corrected chi connectivity index (χ1v) is 9.71. The summed E-state index contributed by atoms with van der Waals surface area (Å²) < 4.78 is 0. The van der Waals surface area contributed by atoms with Crippen LogP contribution in [0.3, 0.4) is 0 Å². The fourth-order valence-corrected chi connectivity index (χ4v) is 3.97. The molecule has 6 nitrogen and oxygen atoms in total. The summed E-state index contributed by atoms with van der Waals surface area (Å²) in [6, 6.07) is 7.91. The Bertz CT molecular complexity index is 615. The topological polar surface area (TPSA) is 82.3 Å². The summed E-state index contributed by atoms with van der Waals surface area (Å²) in [4.78, 5) is 24.1. The van der Waals surface area contributed by atoms with Crippen LogP contribution >= 0.6 is 0 Å². The molecule has 1 saturated heterocycles. The first kappa shape index (κ1) is 18.7. The molecule has 1 saturated carbocycles. The van der Waals surface area contributed by atoms with E-state index in [9.17, 15) is 9.59 Å². The van der Waals surface area contributed by atoms with E-state index in [1.807, 2.05) is 38.1 Å². The molecule has 3 rings (SSSR count). The van der Waals surface area contributed by atoms with Crippen molar-refractivity contribution in [1.82, 2.24) is 16.0 Å². The Morgan fingerprint density at radius 2 is 1.88 bits per heavy atom. The van der Waals surface area contributed by atoms with Gasteiger partial charge in [0.15, 0.2) is 0 Å². The molecule has 6 heteroatoms. The molecule has 0 radical (unpaired) electrons. The molecule has 1 aliphatic carbocycles. The van der Waals surface area contributed by atoms with Gasteiger partial charge in [0.25, 0.3) is 0 Å². The van der Waals surface area contributed by atoms with Crippen molar-refractivity contribution < 1.29 is 9.59 Å². The number of rotatable bonds is 5. The first-order valence-electron chi connectivity index (χ1n) is 9.71. The zero-order chi connectivity index (χ0) is 18.5. The number of amides is 3. The number of nitrogens with one attached hydrogen (secondary N) is 4. The van der Waals surface area contributed by atoms with Crippen molar-refractivity contribution in [3.8, 4) is 0 Å². The van der Waals surface area contributed by atoms with Crippen molar-refractivity contribution >= 4 is 17.6 Å². The molecule has 1 heterocycles. The zero-order valence-corrected chi connectivity index (χ0v) is 15.7. The molecular weight excluding hydrogens is 328 g/mol. The second kappa shape index (κ2) is 8.54. The molecule has 26 heavy (non-hydrogen) atoms. The fraction of sp³-hybridized carbons (Fsp3) is 0.600. The van der Waals surface area contributed by atoms with E-state index in [0.29, 0.717) is 18.5 Å². The number of hydrogen-bond donors (Lipinski definition) is 4. The molecule has 1 aromatic rings. The van der Waals surface area contributed by atoms with Crippen LogP contribution in [0.1, 0.15) is 51.5 Å². The standard InChI is InChI=1S/C20H30N4O2/c1-13(2)22-20(26)23-16-9-7-14(8-10-16)12-21-19(25)18-11-15-5-3-4-6-17(15)24-18/h7-10,13,15,17-18,24H,3-6,11-12H2,1-2H3,(H,21,25)(H2,22,23,26). The van der Waals surface area contributed by atoms with E-state index in [0.717, 1.165) is 17.7 Å². The van der Waals surface area contributed by atoms with Gasteiger partial charge >= 0.3 is 6.03 Å². The van der Waals surface area contributed by atoms with Crippen LogP contribution in [0.2, 0.25) is 0 Å². The highest BCUT2D eigenvalue weighted by atomic mass is 16.2. The lowest BCUT2D eigenvalue weighted by molar-refractivity contribution is -0.123. The third kappa shape index (κ3) is 4.97. The third-order valence-electron chi connectivity index (χ3n) is 5.28. The second-order valence-corrected chi connectivity index (χ2v) is 7.77. The predicted octanol–water partition coefficient (Wildman–Crippen LogP) is 2.75. The summed E-state index contributed by atoms with van der Waals surface area (Å²) >= 11 is 0. The van der Waals surface area contributed by atoms with Crippen molar-refractivity contribution in [2.45, 2.75) is 70.6 Å². The van der Waals surface area contributed by atoms with E-state index < -0.39 is 0 Å². The number of carbonyl (C=O) groups is 2. The molecule has 3 amide bonds. The predicted molar refractivity (Wildman–Crippen MR) is 103 cm³/mol. The maximum absolute atomic E-state index is 12.4. The minimum atomic E-state index is -0.213. The minimum absolute atomic E-state index is 0.0521. The molecule has 4 N–H and O–H groups in total. The fourth-order valence-electron chi connectivity index (χ4n) is 3.97. The van der Waals surface area contributed by atoms with Crippen LogP contribution < -0.4 is 21.3 Å². The molecule has 1 aromatic carbocycles. The van der Waals surface area contributed by atoms with Crippen molar-refractivity contribution in [3.05, 3.63) is 29.8 Å². The van der Waals surface area contributed by atoms with Gasteiger partial charge in [-0.05, 0) is 56.7 Å². The highest BCUT2D eigenvalue weighted by Gasteiger charge is 2.37. The van der Waals surface area contributed by atoms with Gasteiger partial charge in [0, 0.05) is 24.3 Å². The number of benzene rings is 1. The summed E-state index contributed by atoms with van der Waals surface area (Å²) in [5.74, 6) is 0.764. The maximum atomic E-state index is 12.4. The normalized spacial score (nSPS) is 24.8. The van der Waals surface area contributed by atoms with Gasteiger partial charge in [-0.15, -0.1) is 0 Å². The number of carbonyl (C=O) groups excluding carboxylic acids is 2. The average molecular weight is 358 g/mol. The molecule has 142 valence electrons. The Hall–Kier alpha value is -2.08. The van der Waals surface area contributed by atoms with E-state index in [1.165, 1.54) is 25.7 Å². The van der Waals surface area contributed by atoms with Gasteiger partial charge in [-0.25, -0.2) is 4.79 Å². The molecule has 1 aliphatic heterocycles. The number of fused-ring (bicyclic) bond motifs is 1. The summed E-state index contributed by atoms with van der Waals surface area (Å²) in [6.07, 6.45) is 5.99. The molecule has 3 unspecified atom stereocenters. The first-order chi connectivity index (χ1) is 12.5. The van der Waals surface area contributed by atoms with Crippen LogP contribution in [0.5, 0.6) is 0 Å². The van der Waals surface area contributed by atoms with Crippen LogP contribution in [0.15, 0.2) is 24.3 Å². The van der Waals surface area contributed by atoms with Gasteiger partial charge in [0.05, 0.1) is 6.04 Å². The lowest BCUT2D eigenvalue weighted by Gasteiger charge is -2.24. The van der Waals surface area contributed by atoms with Crippen LogP contribution in [0.4, 0.5) is 10.5 Å². The van der Waals surface area contributed by atoms with Crippen molar-refractivity contribution in [2.75, 3.05) is 5.32 Å². The highest BCUT2D eigenvalue weighted by molar-refractivity contribution is 5.89. The lowest BCUT2D eigenvalue weighted by atomic mass is 9.85. The zero-order valence-electron chi connectivity index (χ0n) is 15.7. The summed E-state index contributed by atoms with van der Waals surface area (Å²) in [7, 11) is 0. The summed E-state index contributed by atoms with van der Waals surface area (Å²) in [5.41, 5.74) is 1.75. The van der Waals surface area contributed by atoms with E-state index in [2.05, 4.69) is 21.3 Å². The highest BCUT2D eigenvalue weighted by Crippen LogP contribution is 2.33. The Morgan fingerprint density at radius 1 is 1.15 bits per heavy atom. The average Bonchev–Trinajstić information content (AvgIpc) is 3.04. The van der Waals surface area contributed by atoms with Crippen molar-refractivity contribution in [3.63, 3.8) is 0 Å². The second-order valence-electron chi connectivity index (χ2n) is 7.77. The Kier molecular flexibility index (Phi) is 6.14. The smallest absolute Gasteiger partial charge is 0.319 e. The number of hydrogen-bond acceptors (Lipinski definition) is 3. The van der Waals surface area contributed by atoms with E-state index in [1.54, 1.807) is 0 Å². The van der Waals surface area contributed by atoms with Crippen molar-refractivity contribution in [1.29, 1.82) is 0 Å². The van der Waals surface area contributed by atoms with Gasteiger partial charge < -0.3 is 21.3 Å². The van der Waals surface area contributed by atoms with Gasteiger partial charge in [-0.2, -0.15) is 0 Å². The van der Waals surface area contributed by atoms with E-state index in [-0.39, 0.29) is 24.0 Å². The van der Waals surface area contributed by atoms with Crippen LogP contribution in [0, 0.1) is 5.92 Å². The molecular formula is C20H30N4O2. The van der Waals surface area contributed by atoms with Crippen LogP contribution in [-0.4, -0.2) is 30.1 Å². The molecule has 0 aromatic heterocycles. The van der Waals surface area contributed by atoms with Crippen LogP contribution in [0.25, 0.3) is 0 Å². The molecule has 0 spiro atoms. The summed E-state index contributed by atoms with van der Waals surface area (Å²) in [5, 5.41) is 12.1. The van der Waals surface area contributed by atoms with Gasteiger partial charge in [-0.1, -0.05) is 25.0 Å². The monoisotopic (exact) mass is 358 g/mol. The van der Waals surface area contributed by atoms with Crippen molar-refractivity contribution in [2.24, 2.45) is 5.92 Å². The molecule has 2 fully saturated rings. The third-order valence-corrected chi connectivity index (χ3v) is 5.28. The van der Waals surface area contributed by atoms with Gasteiger partial charge in [-0.3, -0.25) is 4.79 Å². The maximum Gasteiger partial charge on any atom is 0.319 e. The molecule has 3 atom stereocenters. The van der Waals surface area contributed by atoms with E-state index in [4.69, 9.17) is 0 Å². The Balaban J connectivity index is 1.44. The summed E-state index contributed by atoms with van der Waals surface area (Å²) in [6.45, 7) is 4.34. The minimum Gasteiger partial charge on any atom is -0.351 e. The van der Waals surface area contributed by atoms with Crippen LogP contribution in [-0.2, 0) is 11.3 Å². The molecule has 0 bridgehead atoms. The lowest BCUT2D eigenvalue weighted by Crippen LogP contribution is -2.42. The Morgan fingerprint density at radius 3 is 2.58 bits per heavy atom.